The number of hydrogen-bond donors (Lipinski definition) is 3. The number of nitrogens with zero attached hydrogens (tertiary/aromatic N) is 1. The summed E-state index contributed by atoms with van der Waals surface area (Å²) in [7, 11) is 0. The molecule has 0 saturated carbocycles. The molecule has 30 heavy (non-hydrogen) atoms. The monoisotopic (exact) mass is 425 g/mol. The van der Waals surface area contributed by atoms with E-state index in [9.17, 15) is 14.7 Å². The Bertz CT molecular complexity index is 1050. The van der Waals surface area contributed by atoms with Crippen molar-refractivity contribution in [1.82, 2.24) is 15.2 Å². The summed E-state index contributed by atoms with van der Waals surface area (Å²) < 4.78 is 0. The highest BCUT2D eigenvalue weighted by Crippen LogP contribution is 2.20. The van der Waals surface area contributed by atoms with Crippen LogP contribution in [0, 0.1) is 0 Å². The van der Waals surface area contributed by atoms with Crippen LogP contribution in [0.15, 0.2) is 54.6 Å². The molecule has 1 aliphatic rings. The fourth-order valence-corrected chi connectivity index (χ4v) is 4.07. The van der Waals surface area contributed by atoms with Crippen LogP contribution in [0.25, 0.3) is 10.9 Å². The van der Waals surface area contributed by atoms with Gasteiger partial charge in [-0.25, -0.2) is 0 Å². The predicted molar refractivity (Wildman–Crippen MR) is 117 cm³/mol. The average molecular weight is 426 g/mol. The van der Waals surface area contributed by atoms with Crippen molar-refractivity contribution < 1.29 is 14.7 Å². The zero-order valence-corrected chi connectivity index (χ0v) is 17.2. The normalized spacial score (nSPS) is 17.7. The van der Waals surface area contributed by atoms with Crippen LogP contribution in [0.2, 0.25) is 5.02 Å². The summed E-state index contributed by atoms with van der Waals surface area (Å²) in [6.45, 7) is 0.882. The lowest BCUT2D eigenvalue weighted by Crippen LogP contribution is -2.53. The Kier molecular flexibility index (Phi) is 6.06. The number of carbonyl (C=O) groups is 2. The van der Waals surface area contributed by atoms with Gasteiger partial charge in [0.05, 0.1) is 6.10 Å². The fourth-order valence-electron chi connectivity index (χ4n) is 3.89. The number of H-pyrrole nitrogens is 1. The van der Waals surface area contributed by atoms with E-state index in [1.54, 1.807) is 23.1 Å². The van der Waals surface area contributed by atoms with Gasteiger partial charge in [-0.2, -0.15) is 0 Å². The lowest BCUT2D eigenvalue weighted by atomic mass is 10.0. The van der Waals surface area contributed by atoms with E-state index in [2.05, 4.69) is 10.3 Å². The number of piperidine rings is 1. The summed E-state index contributed by atoms with van der Waals surface area (Å²) in [5.74, 6) is -0.528. The molecule has 0 bridgehead atoms. The highest BCUT2D eigenvalue weighted by Gasteiger charge is 2.30. The molecule has 3 N–H and O–H groups in total. The van der Waals surface area contributed by atoms with Gasteiger partial charge in [0.15, 0.2) is 0 Å². The highest BCUT2D eigenvalue weighted by molar-refractivity contribution is 6.31. The maximum Gasteiger partial charge on any atom is 0.268 e. The molecule has 0 spiro atoms. The lowest BCUT2D eigenvalue weighted by Gasteiger charge is -2.33. The van der Waals surface area contributed by atoms with E-state index < -0.39 is 12.1 Å². The number of aliphatic hydroxyl groups excluding tert-OH is 1. The zero-order valence-electron chi connectivity index (χ0n) is 16.5. The van der Waals surface area contributed by atoms with Crippen LogP contribution in [0.4, 0.5) is 0 Å². The van der Waals surface area contributed by atoms with Crippen LogP contribution < -0.4 is 5.32 Å². The Morgan fingerprint density at radius 2 is 2.00 bits per heavy atom. The first-order valence-electron chi connectivity index (χ1n) is 10.1. The molecule has 2 amide bonds. The van der Waals surface area contributed by atoms with Gasteiger partial charge in [-0.1, -0.05) is 41.9 Å². The molecule has 1 aromatic heterocycles. The second-order valence-electron chi connectivity index (χ2n) is 7.71. The van der Waals surface area contributed by atoms with Gasteiger partial charge in [0, 0.05) is 35.4 Å². The molecule has 2 atom stereocenters. The van der Waals surface area contributed by atoms with Crippen molar-refractivity contribution in [1.29, 1.82) is 0 Å². The minimum atomic E-state index is -0.722. The van der Waals surface area contributed by atoms with Gasteiger partial charge >= 0.3 is 0 Å². The minimum absolute atomic E-state index is 0.176. The fraction of sp³-hybridized carbons (Fsp3) is 0.304. The Balaban J connectivity index is 1.56. The molecule has 3 aromatic rings. The van der Waals surface area contributed by atoms with Gasteiger partial charge in [-0.05, 0) is 42.7 Å². The number of carbonyl (C=O) groups excluding carboxylic acids is 2. The maximum atomic E-state index is 13.2. The van der Waals surface area contributed by atoms with Crippen LogP contribution in [-0.4, -0.2) is 52.0 Å². The molecule has 1 unspecified atom stereocenters. The van der Waals surface area contributed by atoms with E-state index in [1.807, 2.05) is 36.4 Å². The number of β-amino-alcohol motifs (C(OH)–C–C–N with tert-alkyl or cyclic N) is 1. The molecular weight excluding hydrogens is 402 g/mol. The van der Waals surface area contributed by atoms with Crippen molar-refractivity contribution in [3.05, 3.63) is 70.9 Å². The number of hydrogen-bond acceptors (Lipinski definition) is 3. The van der Waals surface area contributed by atoms with Crippen LogP contribution in [0.5, 0.6) is 0 Å². The molecule has 0 radical (unpaired) electrons. The largest absolute Gasteiger partial charge is 0.391 e. The number of fused-ring (bicyclic) bond motifs is 1. The Labute approximate surface area is 179 Å². The summed E-state index contributed by atoms with van der Waals surface area (Å²) in [6, 6.07) is 16.0. The van der Waals surface area contributed by atoms with E-state index in [-0.39, 0.29) is 11.8 Å². The van der Waals surface area contributed by atoms with Crippen LogP contribution >= 0.6 is 11.6 Å². The van der Waals surface area contributed by atoms with E-state index in [0.29, 0.717) is 36.6 Å². The Hall–Kier alpha value is -2.83. The standard InChI is InChI=1S/C23H24ClN3O3/c24-17-8-9-19-16(12-17)13-20(25-19)22(29)26-21(11-15-5-2-1-3-6-15)23(30)27-10-4-7-18(28)14-27/h1-3,5-6,8-9,12-13,18,21,25,28H,4,7,10-11,14H2,(H,26,29)/t18-,21?/m0/s1. The predicted octanol–water partition coefficient (Wildman–Crippen LogP) is 3.15. The van der Waals surface area contributed by atoms with Gasteiger partial charge in [-0.3, -0.25) is 9.59 Å². The van der Waals surface area contributed by atoms with Gasteiger partial charge in [0.2, 0.25) is 5.91 Å². The third-order valence-electron chi connectivity index (χ3n) is 5.42. The van der Waals surface area contributed by atoms with Crippen molar-refractivity contribution in [3.63, 3.8) is 0 Å². The van der Waals surface area contributed by atoms with Crippen LogP contribution in [0.1, 0.15) is 28.9 Å². The van der Waals surface area contributed by atoms with E-state index >= 15 is 0 Å². The Morgan fingerprint density at radius 3 is 2.77 bits per heavy atom. The van der Waals surface area contributed by atoms with E-state index in [1.165, 1.54) is 0 Å². The smallest absolute Gasteiger partial charge is 0.268 e. The summed E-state index contributed by atoms with van der Waals surface area (Å²) in [5, 5.41) is 14.3. The first-order chi connectivity index (χ1) is 14.5. The van der Waals surface area contributed by atoms with Crippen molar-refractivity contribution in [3.8, 4) is 0 Å². The number of nitrogens with one attached hydrogen (secondary N) is 2. The number of amides is 2. The van der Waals surface area contributed by atoms with Crippen molar-refractivity contribution in [2.75, 3.05) is 13.1 Å². The van der Waals surface area contributed by atoms with Crippen molar-refractivity contribution in [2.45, 2.75) is 31.4 Å². The number of halogens is 1. The molecule has 2 heterocycles. The van der Waals surface area contributed by atoms with Gasteiger partial charge in [-0.15, -0.1) is 0 Å². The highest BCUT2D eigenvalue weighted by atomic mass is 35.5. The molecule has 0 aliphatic carbocycles. The first kappa shape index (κ1) is 20.4. The average Bonchev–Trinajstić information content (AvgIpc) is 3.17. The van der Waals surface area contributed by atoms with E-state index in [4.69, 9.17) is 11.6 Å². The second kappa shape index (κ2) is 8.90. The number of benzene rings is 2. The first-order valence-corrected chi connectivity index (χ1v) is 10.5. The number of aromatic amines is 1. The van der Waals surface area contributed by atoms with E-state index in [0.717, 1.165) is 22.9 Å². The summed E-state index contributed by atoms with van der Waals surface area (Å²) in [4.78, 5) is 30.9. The summed E-state index contributed by atoms with van der Waals surface area (Å²) in [6.07, 6.45) is 1.30. The maximum absolute atomic E-state index is 13.2. The third kappa shape index (κ3) is 4.66. The van der Waals surface area contributed by atoms with Gasteiger partial charge in [0.1, 0.15) is 11.7 Å². The molecule has 2 aromatic carbocycles. The SMILES string of the molecule is O=C(NC(Cc1ccccc1)C(=O)N1CCC[C@H](O)C1)c1cc2cc(Cl)ccc2[nH]1. The number of rotatable bonds is 5. The van der Waals surface area contributed by atoms with Gasteiger partial charge < -0.3 is 20.3 Å². The number of aliphatic hydroxyl groups is 1. The Morgan fingerprint density at radius 1 is 1.20 bits per heavy atom. The van der Waals surface area contributed by atoms with Crippen LogP contribution in [0.3, 0.4) is 0 Å². The molecule has 1 fully saturated rings. The molecule has 4 rings (SSSR count). The zero-order chi connectivity index (χ0) is 21.1. The lowest BCUT2D eigenvalue weighted by molar-refractivity contribution is -0.136. The third-order valence-corrected chi connectivity index (χ3v) is 5.66. The summed E-state index contributed by atoms with van der Waals surface area (Å²) in [5.41, 5.74) is 2.13. The quantitative estimate of drug-likeness (QED) is 0.587. The topological polar surface area (TPSA) is 85.4 Å². The molecule has 6 nitrogen and oxygen atoms in total. The minimum Gasteiger partial charge on any atom is -0.391 e. The second-order valence-corrected chi connectivity index (χ2v) is 8.15. The molecule has 7 heteroatoms. The molecule has 1 saturated heterocycles. The van der Waals surface area contributed by atoms with Crippen molar-refractivity contribution in [2.24, 2.45) is 0 Å². The summed E-state index contributed by atoms with van der Waals surface area (Å²) >= 11 is 6.04. The number of likely N-dealkylation sites (tertiary alicyclic amines) is 1. The van der Waals surface area contributed by atoms with Gasteiger partial charge in [0.25, 0.3) is 5.91 Å². The number of aromatic nitrogens is 1. The molecule has 156 valence electrons. The molecule has 1 aliphatic heterocycles. The van der Waals surface area contributed by atoms with Crippen LogP contribution in [-0.2, 0) is 11.2 Å². The molecular formula is C23H24ClN3O3. The van der Waals surface area contributed by atoms with Crippen molar-refractivity contribution >= 4 is 34.3 Å².